The van der Waals surface area contributed by atoms with Crippen molar-refractivity contribution in [3.8, 4) is 6.07 Å². The summed E-state index contributed by atoms with van der Waals surface area (Å²) in [4.78, 5) is 0. The summed E-state index contributed by atoms with van der Waals surface area (Å²) in [7, 11) is 0. The molecule has 0 aromatic heterocycles. The van der Waals surface area contributed by atoms with E-state index in [2.05, 4.69) is 20.8 Å². The van der Waals surface area contributed by atoms with Gasteiger partial charge in [0.1, 0.15) is 0 Å². The Morgan fingerprint density at radius 3 is 2.27 bits per heavy atom. The van der Waals surface area contributed by atoms with Gasteiger partial charge in [-0.25, -0.2) is 0 Å². The lowest BCUT2D eigenvalue weighted by Crippen LogP contribution is -2.22. The lowest BCUT2D eigenvalue weighted by atomic mass is 9.81. The van der Waals surface area contributed by atoms with Gasteiger partial charge in [-0.05, 0) is 12.8 Å². The molecule has 0 saturated carbocycles. The van der Waals surface area contributed by atoms with E-state index < -0.39 is 0 Å². The quantitative estimate of drug-likeness (QED) is 0.630. The minimum absolute atomic E-state index is 0.00965. The number of hydrogen-bond acceptors (Lipinski definition) is 2. The number of nitrogens with zero attached hydrogens (tertiary/aromatic N) is 1. The van der Waals surface area contributed by atoms with Crippen LogP contribution in [0.1, 0.15) is 33.6 Å². The number of nitriles is 1. The van der Waals surface area contributed by atoms with Gasteiger partial charge < -0.3 is 5.73 Å². The molecule has 2 nitrogen and oxygen atoms in total. The molecule has 11 heavy (non-hydrogen) atoms. The summed E-state index contributed by atoms with van der Waals surface area (Å²) in [6.45, 7) is 6.25. The highest BCUT2D eigenvalue weighted by Gasteiger charge is 2.22. The molecule has 0 radical (unpaired) electrons. The van der Waals surface area contributed by atoms with E-state index in [1.165, 1.54) is 6.08 Å². The molecule has 0 aliphatic heterocycles. The van der Waals surface area contributed by atoms with Crippen molar-refractivity contribution in [2.75, 3.05) is 0 Å². The molecule has 0 fully saturated rings. The van der Waals surface area contributed by atoms with Gasteiger partial charge in [-0.15, -0.1) is 0 Å². The highest BCUT2D eigenvalue weighted by molar-refractivity contribution is 5.17. The SMILES string of the molecule is CCC(C)(CC)C(N)=CC#N. The average molecular weight is 152 g/mol. The molecule has 0 bridgehead atoms. The second-order valence-corrected chi connectivity index (χ2v) is 3.00. The van der Waals surface area contributed by atoms with Gasteiger partial charge in [-0.2, -0.15) is 5.26 Å². The molecule has 0 heterocycles. The first-order valence-electron chi connectivity index (χ1n) is 3.96. The summed E-state index contributed by atoms with van der Waals surface area (Å²) in [5, 5.41) is 8.38. The van der Waals surface area contributed by atoms with E-state index in [9.17, 15) is 0 Å². The molecule has 62 valence electrons. The summed E-state index contributed by atoms with van der Waals surface area (Å²) < 4.78 is 0. The second kappa shape index (κ2) is 4.02. The smallest absolute Gasteiger partial charge is 0.0930 e. The maximum absolute atomic E-state index is 8.38. The van der Waals surface area contributed by atoms with E-state index in [-0.39, 0.29) is 5.41 Å². The summed E-state index contributed by atoms with van der Waals surface area (Å²) in [5.74, 6) is 0. The van der Waals surface area contributed by atoms with Crippen molar-refractivity contribution in [1.82, 2.24) is 0 Å². The number of hydrogen-bond donors (Lipinski definition) is 1. The van der Waals surface area contributed by atoms with Gasteiger partial charge in [0.2, 0.25) is 0 Å². The number of allylic oxidation sites excluding steroid dienone is 2. The molecule has 0 aliphatic rings. The zero-order chi connectivity index (χ0) is 8.91. The van der Waals surface area contributed by atoms with Crippen molar-refractivity contribution in [3.63, 3.8) is 0 Å². The van der Waals surface area contributed by atoms with Gasteiger partial charge in [0.05, 0.1) is 6.07 Å². The van der Waals surface area contributed by atoms with Gasteiger partial charge in [-0.1, -0.05) is 20.8 Å². The van der Waals surface area contributed by atoms with E-state index in [1.54, 1.807) is 0 Å². The standard InChI is InChI=1S/C9H16N2/c1-4-9(3,5-2)8(11)6-7-10/h6H,4-5,11H2,1-3H3. The molecule has 2 heteroatoms. The predicted molar refractivity (Wildman–Crippen MR) is 46.6 cm³/mol. The molecule has 0 saturated heterocycles. The minimum Gasteiger partial charge on any atom is -0.401 e. The molecule has 2 N–H and O–H groups in total. The van der Waals surface area contributed by atoms with Crippen LogP contribution < -0.4 is 5.73 Å². The first-order chi connectivity index (χ1) is 5.10. The van der Waals surface area contributed by atoms with Crippen molar-refractivity contribution in [1.29, 1.82) is 5.26 Å². The van der Waals surface area contributed by atoms with Crippen molar-refractivity contribution in [3.05, 3.63) is 11.8 Å². The van der Waals surface area contributed by atoms with Gasteiger partial charge in [0.15, 0.2) is 0 Å². The lowest BCUT2D eigenvalue weighted by Gasteiger charge is -2.26. The Morgan fingerprint density at radius 1 is 1.55 bits per heavy atom. The van der Waals surface area contributed by atoms with E-state index in [0.29, 0.717) is 5.70 Å². The molecule has 0 atom stereocenters. The first kappa shape index (κ1) is 10.0. The highest BCUT2D eigenvalue weighted by atomic mass is 14.6. The summed E-state index contributed by atoms with van der Waals surface area (Å²) in [6.07, 6.45) is 3.40. The van der Waals surface area contributed by atoms with E-state index in [0.717, 1.165) is 12.8 Å². The van der Waals surface area contributed by atoms with Crippen LogP contribution in [0.15, 0.2) is 11.8 Å². The van der Waals surface area contributed by atoms with Gasteiger partial charge in [0.25, 0.3) is 0 Å². The van der Waals surface area contributed by atoms with Gasteiger partial charge in [-0.3, -0.25) is 0 Å². The van der Waals surface area contributed by atoms with Gasteiger partial charge in [0, 0.05) is 17.2 Å². The van der Waals surface area contributed by atoms with Crippen LogP contribution in [-0.4, -0.2) is 0 Å². The van der Waals surface area contributed by atoms with Crippen LogP contribution in [0, 0.1) is 16.7 Å². The Bertz CT molecular complexity index is 182. The third-order valence-electron chi connectivity index (χ3n) is 2.48. The van der Waals surface area contributed by atoms with E-state index >= 15 is 0 Å². The third kappa shape index (κ3) is 2.27. The van der Waals surface area contributed by atoms with E-state index in [4.69, 9.17) is 11.0 Å². The molecule has 0 rings (SSSR count). The van der Waals surface area contributed by atoms with Crippen LogP contribution in [0.25, 0.3) is 0 Å². The molecule has 0 aromatic carbocycles. The minimum atomic E-state index is 0.00965. The Morgan fingerprint density at radius 2 is 2.00 bits per heavy atom. The molecular formula is C9H16N2. The summed E-state index contributed by atoms with van der Waals surface area (Å²) in [5.41, 5.74) is 6.43. The summed E-state index contributed by atoms with van der Waals surface area (Å²) in [6, 6.07) is 1.95. The first-order valence-corrected chi connectivity index (χ1v) is 3.96. The van der Waals surface area contributed by atoms with Crippen molar-refractivity contribution in [2.24, 2.45) is 11.1 Å². The maximum Gasteiger partial charge on any atom is 0.0930 e. The highest BCUT2D eigenvalue weighted by Crippen LogP contribution is 2.30. The topological polar surface area (TPSA) is 49.8 Å². The van der Waals surface area contributed by atoms with Crippen LogP contribution in [0.4, 0.5) is 0 Å². The van der Waals surface area contributed by atoms with Crippen molar-refractivity contribution in [2.45, 2.75) is 33.6 Å². The Kier molecular flexibility index (Phi) is 3.67. The number of nitrogens with two attached hydrogens (primary N) is 1. The largest absolute Gasteiger partial charge is 0.401 e. The predicted octanol–water partition coefficient (Wildman–Crippen LogP) is 2.18. The van der Waals surface area contributed by atoms with E-state index in [1.807, 2.05) is 6.07 Å². The number of rotatable bonds is 3. The van der Waals surface area contributed by atoms with Gasteiger partial charge >= 0.3 is 0 Å². The second-order valence-electron chi connectivity index (χ2n) is 3.00. The molecule has 0 aliphatic carbocycles. The van der Waals surface area contributed by atoms with Crippen molar-refractivity contribution < 1.29 is 0 Å². The molecule has 0 amide bonds. The Balaban J connectivity index is 4.52. The zero-order valence-corrected chi connectivity index (χ0v) is 7.52. The Hall–Kier alpha value is -0.970. The van der Waals surface area contributed by atoms with Crippen LogP contribution in [0.3, 0.4) is 0 Å². The third-order valence-corrected chi connectivity index (χ3v) is 2.48. The maximum atomic E-state index is 8.38. The van der Waals surface area contributed by atoms with Crippen LogP contribution in [0.5, 0.6) is 0 Å². The van der Waals surface area contributed by atoms with Crippen molar-refractivity contribution >= 4 is 0 Å². The Labute approximate surface area is 68.7 Å². The molecule has 0 aromatic rings. The fraction of sp³-hybridized carbons (Fsp3) is 0.667. The van der Waals surface area contributed by atoms with Crippen LogP contribution in [0.2, 0.25) is 0 Å². The zero-order valence-electron chi connectivity index (χ0n) is 7.52. The summed E-state index contributed by atoms with van der Waals surface area (Å²) >= 11 is 0. The average Bonchev–Trinajstić information content (AvgIpc) is 2.03. The fourth-order valence-electron chi connectivity index (χ4n) is 0.902. The normalized spacial score (nSPS) is 12.7. The molecule has 0 unspecified atom stereocenters. The molecule has 0 spiro atoms. The fourth-order valence-corrected chi connectivity index (χ4v) is 0.902. The van der Waals surface area contributed by atoms with Crippen LogP contribution >= 0.6 is 0 Å². The lowest BCUT2D eigenvalue weighted by molar-refractivity contribution is 0.364. The molecular weight excluding hydrogens is 136 g/mol. The van der Waals surface area contributed by atoms with Crippen LogP contribution in [-0.2, 0) is 0 Å². The monoisotopic (exact) mass is 152 g/mol.